The monoisotopic (exact) mass is 409 g/mol. The number of rotatable bonds is 6. The number of hydrogen-bond donors (Lipinski definition) is 2. The lowest BCUT2D eigenvalue weighted by Crippen LogP contribution is -2.35. The van der Waals surface area contributed by atoms with Gasteiger partial charge in [-0.25, -0.2) is 4.99 Å². The maximum absolute atomic E-state index is 5.94. The van der Waals surface area contributed by atoms with Crippen LogP contribution in [0.25, 0.3) is 0 Å². The molecule has 2 N–H and O–H groups in total. The molecule has 152 valence electrons. The summed E-state index contributed by atoms with van der Waals surface area (Å²) in [5, 5.41) is 6.65. The van der Waals surface area contributed by atoms with Crippen molar-refractivity contribution in [2.75, 3.05) is 24.3 Å². The van der Waals surface area contributed by atoms with E-state index in [1.165, 1.54) is 11.9 Å². The first-order valence-electron chi connectivity index (χ1n) is 9.60. The predicted octanol–water partition coefficient (Wildman–Crippen LogP) is 4.50. The Bertz CT molecular complexity index is 939. The minimum atomic E-state index is 0.395. The van der Waals surface area contributed by atoms with Crippen LogP contribution in [0, 0.1) is 20.8 Å². The Morgan fingerprint density at radius 3 is 2.83 bits per heavy atom. The molecule has 0 saturated heterocycles. The summed E-state index contributed by atoms with van der Waals surface area (Å²) in [4.78, 5) is 8.51. The Hall–Kier alpha value is -2.80. The second-order valence-corrected chi connectivity index (χ2v) is 7.58. The van der Waals surface area contributed by atoms with Gasteiger partial charge in [-0.1, -0.05) is 23.8 Å². The highest BCUT2D eigenvalue weighted by Gasteiger charge is 2.10. The van der Waals surface area contributed by atoms with E-state index in [0.29, 0.717) is 11.8 Å². The number of guanidine groups is 1. The van der Waals surface area contributed by atoms with Crippen LogP contribution in [0.4, 0.5) is 5.69 Å². The van der Waals surface area contributed by atoms with Gasteiger partial charge in [-0.2, -0.15) is 4.40 Å². The van der Waals surface area contributed by atoms with Crippen molar-refractivity contribution in [2.24, 2.45) is 14.4 Å². The minimum absolute atomic E-state index is 0.395. The molecular formula is C22H27N5OS. The van der Waals surface area contributed by atoms with Crippen LogP contribution in [0.2, 0.25) is 0 Å². The molecule has 29 heavy (non-hydrogen) atoms. The summed E-state index contributed by atoms with van der Waals surface area (Å²) in [6.07, 6.45) is 1.07. The van der Waals surface area contributed by atoms with Crippen LogP contribution in [0.1, 0.15) is 28.7 Å². The molecule has 7 heteroatoms. The molecule has 1 aliphatic rings. The van der Waals surface area contributed by atoms with E-state index in [9.17, 15) is 0 Å². The number of nitrogens with one attached hydrogen (secondary N) is 2. The lowest BCUT2D eigenvalue weighted by molar-refractivity contribution is 0.390. The largest absolute Gasteiger partial charge is 0.481 e. The summed E-state index contributed by atoms with van der Waals surface area (Å²) in [5.41, 5.74) is 5.30. The molecule has 0 unspecified atom stereocenters. The van der Waals surface area contributed by atoms with Gasteiger partial charge in [0.15, 0.2) is 17.7 Å². The fourth-order valence-electron chi connectivity index (χ4n) is 2.96. The molecule has 6 nitrogen and oxygen atoms in total. The fourth-order valence-corrected chi connectivity index (χ4v) is 3.48. The van der Waals surface area contributed by atoms with Gasteiger partial charge < -0.3 is 15.4 Å². The highest BCUT2D eigenvalue weighted by Crippen LogP contribution is 2.27. The Balaban J connectivity index is 1.61. The second kappa shape index (κ2) is 10.1. The number of aliphatic imine (C=N–C) groups is 2. The highest BCUT2D eigenvalue weighted by molar-refractivity contribution is 7.98. The van der Waals surface area contributed by atoms with Crippen molar-refractivity contribution in [2.45, 2.75) is 27.2 Å². The van der Waals surface area contributed by atoms with Crippen LogP contribution in [0.5, 0.6) is 5.75 Å². The van der Waals surface area contributed by atoms with E-state index in [1.54, 1.807) is 0 Å². The van der Waals surface area contributed by atoms with Crippen molar-refractivity contribution in [1.82, 2.24) is 5.32 Å². The molecular weight excluding hydrogens is 382 g/mol. The van der Waals surface area contributed by atoms with Gasteiger partial charge in [0.25, 0.3) is 0 Å². The van der Waals surface area contributed by atoms with Gasteiger partial charge in [-0.3, -0.25) is 4.99 Å². The van der Waals surface area contributed by atoms with Crippen LogP contribution in [-0.4, -0.2) is 37.5 Å². The van der Waals surface area contributed by atoms with E-state index >= 15 is 0 Å². The number of ether oxygens (including phenoxy) is 1. The molecule has 0 fully saturated rings. The number of amidine groups is 1. The Kier molecular flexibility index (Phi) is 7.30. The zero-order valence-electron chi connectivity index (χ0n) is 17.2. The van der Waals surface area contributed by atoms with Crippen molar-refractivity contribution in [3.05, 3.63) is 58.7 Å². The maximum Gasteiger partial charge on any atom is 0.195 e. The minimum Gasteiger partial charge on any atom is -0.481 e. The molecule has 2 aromatic rings. The average molecular weight is 410 g/mol. The quantitative estimate of drug-likeness (QED) is 0.242. The molecule has 0 bridgehead atoms. The van der Waals surface area contributed by atoms with E-state index in [4.69, 9.17) is 4.74 Å². The van der Waals surface area contributed by atoms with E-state index in [0.717, 1.165) is 59.2 Å². The van der Waals surface area contributed by atoms with Gasteiger partial charge in [-0.05, 0) is 63.2 Å². The number of nitrogens with zero attached hydrogens (tertiary/aromatic N) is 3. The molecule has 2 aromatic carbocycles. The standard InChI is InChI=1S/C22H27N5OS/c1-15-7-5-8-18(11-15)21(23-4)27-29-14-28-20-13-16(2)19(12-17(20)3)26-22-24-9-6-10-25-22/h5,7-8,11-13H,4,6,9-10,14H2,1-3H3,(H2,24,25,26)/b27-21-. The molecule has 3 rings (SSSR count). The molecule has 0 spiro atoms. The lowest BCUT2D eigenvalue weighted by Gasteiger charge is -2.18. The third kappa shape index (κ3) is 5.84. The lowest BCUT2D eigenvalue weighted by atomic mass is 10.1. The summed E-state index contributed by atoms with van der Waals surface area (Å²) < 4.78 is 10.4. The van der Waals surface area contributed by atoms with Crippen LogP contribution in [0.3, 0.4) is 0 Å². The summed E-state index contributed by atoms with van der Waals surface area (Å²) >= 11 is 1.32. The van der Waals surface area contributed by atoms with Gasteiger partial charge in [-0.15, -0.1) is 0 Å². The van der Waals surface area contributed by atoms with Gasteiger partial charge in [0.1, 0.15) is 5.75 Å². The average Bonchev–Trinajstić information content (AvgIpc) is 2.72. The molecule has 0 aromatic heterocycles. The van der Waals surface area contributed by atoms with Crippen molar-refractivity contribution in [3.63, 3.8) is 0 Å². The third-order valence-corrected chi connectivity index (χ3v) is 5.04. The fraction of sp³-hybridized carbons (Fsp3) is 0.318. The van der Waals surface area contributed by atoms with Crippen molar-refractivity contribution in [3.8, 4) is 5.75 Å². The Labute approximate surface area is 176 Å². The molecule has 0 aliphatic carbocycles. The first-order valence-corrected chi connectivity index (χ1v) is 10.5. The summed E-state index contributed by atoms with van der Waals surface area (Å²) in [6.45, 7) is 11.6. The van der Waals surface area contributed by atoms with Crippen LogP contribution >= 0.6 is 11.9 Å². The highest BCUT2D eigenvalue weighted by atomic mass is 32.2. The van der Waals surface area contributed by atoms with Crippen LogP contribution in [-0.2, 0) is 0 Å². The topological polar surface area (TPSA) is 70.4 Å². The van der Waals surface area contributed by atoms with Crippen LogP contribution < -0.4 is 15.4 Å². The van der Waals surface area contributed by atoms with Crippen molar-refractivity contribution >= 4 is 36.1 Å². The van der Waals surface area contributed by atoms with Crippen molar-refractivity contribution < 1.29 is 4.74 Å². The first kappa shape index (κ1) is 20.9. The number of hydrogen-bond acceptors (Lipinski definition) is 6. The molecule has 0 radical (unpaired) electrons. The summed E-state index contributed by atoms with van der Waals surface area (Å²) in [5.74, 6) is 2.68. The maximum atomic E-state index is 5.94. The normalized spacial score (nSPS) is 14.0. The molecule has 1 heterocycles. The van der Waals surface area contributed by atoms with E-state index in [-0.39, 0.29) is 0 Å². The van der Waals surface area contributed by atoms with Gasteiger partial charge in [0.05, 0.1) is 0 Å². The van der Waals surface area contributed by atoms with E-state index < -0.39 is 0 Å². The number of anilines is 1. The number of aryl methyl sites for hydroxylation is 3. The number of benzene rings is 2. The Morgan fingerprint density at radius 1 is 1.24 bits per heavy atom. The Morgan fingerprint density at radius 2 is 2.10 bits per heavy atom. The van der Waals surface area contributed by atoms with Gasteiger partial charge in [0.2, 0.25) is 0 Å². The molecule has 0 saturated carbocycles. The first-order chi connectivity index (χ1) is 14.1. The van der Waals surface area contributed by atoms with Gasteiger partial charge in [0, 0.05) is 36.3 Å². The van der Waals surface area contributed by atoms with Gasteiger partial charge >= 0.3 is 0 Å². The zero-order chi connectivity index (χ0) is 20.6. The van der Waals surface area contributed by atoms with E-state index in [2.05, 4.69) is 44.7 Å². The SMILES string of the molecule is C=N/C(=N\SCOc1cc(C)c(NC2=NCCCN2)cc1C)c1cccc(C)c1. The second-order valence-electron chi connectivity index (χ2n) is 6.90. The molecule has 1 aliphatic heterocycles. The smallest absolute Gasteiger partial charge is 0.195 e. The summed E-state index contributed by atoms with van der Waals surface area (Å²) in [7, 11) is 0. The summed E-state index contributed by atoms with van der Waals surface area (Å²) in [6, 6.07) is 12.2. The molecule has 0 atom stereocenters. The van der Waals surface area contributed by atoms with E-state index in [1.807, 2.05) is 44.2 Å². The zero-order valence-corrected chi connectivity index (χ0v) is 18.0. The predicted molar refractivity (Wildman–Crippen MR) is 125 cm³/mol. The molecule has 0 amide bonds. The third-order valence-electron chi connectivity index (χ3n) is 4.52. The van der Waals surface area contributed by atoms with Crippen LogP contribution in [0.15, 0.2) is 50.8 Å². The van der Waals surface area contributed by atoms with Crippen molar-refractivity contribution in [1.29, 1.82) is 0 Å².